The third-order valence-corrected chi connectivity index (χ3v) is 4.76. The van der Waals surface area contributed by atoms with Gasteiger partial charge in [-0.2, -0.15) is 4.98 Å². The lowest BCUT2D eigenvalue weighted by Crippen LogP contribution is -2.18. The van der Waals surface area contributed by atoms with Crippen molar-refractivity contribution in [2.75, 3.05) is 0 Å². The van der Waals surface area contributed by atoms with Crippen LogP contribution in [0.1, 0.15) is 24.4 Å². The summed E-state index contributed by atoms with van der Waals surface area (Å²) in [5.74, 6) is 0.946. The van der Waals surface area contributed by atoms with E-state index < -0.39 is 0 Å². The molecule has 8 heteroatoms. The maximum absolute atomic E-state index is 11.4. The van der Waals surface area contributed by atoms with Crippen LogP contribution in [-0.2, 0) is 4.79 Å². The average molecular weight is 361 g/mol. The molecule has 5 rings (SSSR count). The molecule has 0 aliphatic carbocycles. The van der Waals surface area contributed by atoms with E-state index in [9.17, 15) is 9.59 Å². The van der Waals surface area contributed by atoms with Crippen LogP contribution in [0.5, 0.6) is 0 Å². The summed E-state index contributed by atoms with van der Waals surface area (Å²) < 4.78 is 5.39. The first kappa shape index (κ1) is 15.6. The molecule has 0 saturated carbocycles. The molecular formula is C19H15N5O3. The van der Waals surface area contributed by atoms with Crippen molar-refractivity contribution in [3.8, 4) is 22.8 Å². The molecule has 2 aromatic heterocycles. The maximum atomic E-state index is 11.4. The number of nitrogens with zero attached hydrogens (tertiary/aromatic N) is 2. The number of H-pyrrole nitrogens is 2. The predicted molar refractivity (Wildman–Crippen MR) is 97.8 cm³/mol. The molecule has 0 bridgehead atoms. The van der Waals surface area contributed by atoms with Gasteiger partial charge in [0.2, 0.25) is 11.7 Å². The zero-order chi connectivity index (χ0) is 18.4. The number of rotatable bonds is 3. The highest BCUT2D eigenvalue weighted by Crippen LogP contribution is 2.27. The fourth-order valence-corrected chi connectivity index (χ4v) is 3.35. The lowest BCUT2D eigenvalue weighted by atomic mass is 10.0. The first-order chi connectivity index (χ1) is 13.2. The van der Waals surface area contributed by atoms with E-state index in [1.54, 1.807) is 12.1 Å². The lowest BCUT2D eigenvalue weighted by molar-refractivity contribution is -0.119. The smallest absolute Gasteiger partial charge is 0.323 e. The molecule has 4 aromatic rings. The van der Waals surface area contributed by atoms with Crippen LogP contribution in [0.3, 0.4) is 0 Å². The number of fused-ring (bicyclic) bond motifs is 1. The van der Waals surface area contributed by atoms with E-state index in [1.165, 1.54) is 0 Å². The van der Waals surface area contributed by atoms with Gasteiger partial charge in [0, 0.05) is 17.5 Å². The Hall–Kier alpha value is -3.68. The highest BCUT2D eigenvalue weighted by Gasteiger charge is 2.22. The first-order valence-electron chi connectivity index (χ1n) is 8.61. The summed E-state index contributed by atoms with van der Waals surface area (Å²) in [6, 6.07) is 13.2. The summed E-state index contributed by atoms with van der Waals surface area (Å²) in [6.07, 6.45) is 1.38. The molecule has 1 aliphatic heterocycles. The van der Waals surface area contributed by atoms with Crippen LogP contribution in [0.25, 0.3) is 33.9 Å². The number of imidazole rings is 1. The minimum absolute atomic E-state index is 0.0695. The second kappa shape index (κ2) is 5.94. The molecule has 0 spiro atoms. The average Bonchev–Trinajstić information content (AvgIpc) is 3.39. The number of amides is 1. The number of aromatic nitrogens is 4. The van der Waals surface area contributed by atoms with Gasteiger partial charge in [-0.1, -0.05) is 17.3 Å². The van der Waals surface area contributed by atoms with E-state index in [0.717, 1.165) is 28.6 Å². The van der Waals surface area contributed by atoms with Crippen molar-refractivity contribution in [2.45, 2.75) is 18.9 Å². The van der Waals surface area contributed by atoms with Crippen molar-refractivity contribution in [1.82, 2.24) is 25.4 Å². The van der Waals surface area contributed by atoms with E-state index >= 15 is 0 Å². The zero-order valence-corrected chi connectivity index (χ0v) is 14.2. The summed E-state index contributed by atoms with van der Waals surface area (Å²) in [5.41, 5.74) is 3.77. The number of hydrogen-bond acceptors (Lipinski definition) is 5. The second-order valence-corrected chi connectivity index (χ2v) is 6.54. The molecule has 134 valence electrons. The van der Waals surface area contributed by atoms with Gasteiger partial charge in [-0.15, -0.1) is 0 Å². The fourth-order valence-electron chi connectivity index (χ4n) is 3.35. The molecule has 1 atom stereocenters. The van der Waals surface area contributed by atoms with Crippen LogP contribution in [-0.4, -0.2) is 26.0 Å². The van der Waals surface area contributed by atoms with Crippen LogP contribution in [0, 0.1) is 0 Å². The summed E-state index contributed by atoms with van der Waals surface area (Å²) in [5, 5.41) is 6.99. The molecule has 2 aromatic carbocycles. The second-order valence-electron chi connectivity index (χ2n) is 6.54. The van der Waals surface area contributed by atoms with E-state index in [2.05, 4.69) is 25.4 Å². The topological polar surface area (TPSA) is 117 Å². The molecule has 27 heavy (non-hydrogen) atoms. The van der Waals surface area contributed by atoms with Gasteiger partial charge >= 0.3 is 5.69 Å². The normalized spacial score (nSPS) is 16.7. The quantitative estimate of drug-likeness (QED) is 0.518. The van der Waals surface area contributed by atoms with E-state index in [-0.39, 0.29) is 17.6 Å². The number of carbonyl (C=O) groups is 1. The van der Waals surface area contributed by atoms with Crippen molar-refractivity contribution in [3.05, 3.63) is 58.5 Å². The lowest BCUT2D eigenvalue weighted by Gasteiger charge is -2.10. The fraction of sp³-hybridized carbons (Fsp3) is 0.158. The predicted octanol–water partition coefficient (Wildman–Crippen LogP) is 2.52. The van der Waals surface area contributed by atoms with E-state index in [0.29, 0.717) is 23.7 Å². The van der Waals surface area contributed by atoms with Crippen LogP contribution in [0.2, 0.25) is 0 Å². The van der Waals surface area contributed by atoms with E-state index in [1.807, 2.05) is 30.3 Å². The van der Waals surface area contributed by atoms with Crippen molar-refractivity contribution < 1.29 is 9.32 Å². The Morgan fingerprint density at radius 2 is 1.74 bits per heavy atom. The summed E-state index contributed by atoms with van der Waals surface area (Å²) >= 11 is 0. The van der Waals surface area contributed by atoms with Crippen molar-refractivity contribution >= 4 is 16.9 Å². The largest absolute Gasteiger partial charge is 0.349 e. The summed E-state index contributed by atoms with van der Waals surface area (Å²) in [6.45, 7) is 0. The monoisotopic (exact) mass is 361 g/mol. The van der Waals surface area contributed by atoms with Crippen LogP contribution in [0.15, 0.2) is 51.8 Å². The molecular weight excluding hydrogens is 346 g/mol. The van der Waals surface area contributed by atoms with Gasteiger partial charge in [-0.25, -0.2) is 4.79 Å². The number of carbonyl (C=O) groups excluding carboxylic acids is 1. The maximum Gasteiger partial charge on any atom is 0.323 e. The van der Waals surface area contributed by atoms with Crippen molar-refractivity contribution in [3.63, 3.8) is 0 Å². The Balaban J connectivity index is 1.42. The Labute approximate surface area is 152 Å². The molecule has 0 radical (unpaired) electrons. The minimum Gasteiger partial charge on any atom is -0.349 e. The molecule has 1 amide bonds. The number of nitrogens with one attached hydrogen (secondary N) is 3. The number of benzene rings is 2. The molecule has 1 saturated heterocycles. The molecule has 1 aliphatic rings. The van der Waals surface area contributed by atoms with Crippen LogP contribution in [0.4, 0.5) is 0 Å². The highest BCUT2D eigenvalue weighted by molar-refractivity contribution is 5.80. The number of hydrogen-bond donors (Lipinski definition) is 3. The third-order valence-electron chi connectivity index (χ3n) is 4.76. The van der Waals surface area contributed by atoms with Crippen molar-refractivity contribution in [1.29, 1.82) is 0 Å². The van der Waals surface area contributed by atoms with E-state index in [4.69, 9.17) is 4.52 Å². The molecule has 1 unspecified atom stereocenters. The Bertz CT molecular complexity index is 1200. The molecule has 8 nitrogen and oxygen atoms in total. The van der Waals surface area contributed by atoms with Gasteiger partial charge < -0.3 is 19.8 Å². The minimum atomic E-state index is -0.255. The van der Waals surface area contributed by atoms with Crippen LogP contribution >= 0.6 is 0 Å². The third kappa shape index (κ3) is 2.80. The van der Waals surface area contributed by atoms with Gasteiger partial charge in [0.25, 0.3) is 5.89 Å². The Morgan fingerprint density at radius 1 is 0.963 bits per heavy atom. The van der Waals surface area contributed by atoms with Gasteiger partial charge in [-0.3, -0.25) is 4.79 Å². The number of aromatic amines is 2. The molecule has 3 N–H and O–H groups in total. The van der Waals surface area contributed by atoms with Gasteiger partial charge in [-0.05, 0) is 42.3 Å². The summed E-state index contributed by atoms with van der Waals surface area (Å²) in [7, 11) is 0. The Morgan fingerprint density at radius 3 is 2.52 bits per heavy atom. The van der Waals surface area contributed by atoms with Crippen LogP contribution < -0.4 is 11.0 Å². The van der Waals surface area contributed by atoms with Gasteiger partial charge in [0.15, 0.2) is 0 Å². The Kier molecular flexibility index (Phi) is 3.43. The highest BCUT2D eigenvalue weighted by atomic mass is 16.5. The molecule has 1 fully saturated rings. The van der Waals surface area contributed by atoms with Crippen molar-refractivity contribution in [2.24, 2.45) is 0 Å². The summed E-state index contributed by atoms with van der Waals surface area (Å²) in [4.78, 5) is 32.6. The first-order valence-corrected chi connectivity index (χ1v) is 8.61. The van der Waals surface area contributed by atoms with Gasteiger partial charge in [0.1, 0.15) is 0 Å². The SMILES string of the molecule is O=C1CCC(c2ccc(-c3nc(-c4ccc5[nH]c(=O)[nH]c5c4)no3)cc2)N1. The zero-order valence-electron chi connectivity index (χ0n) is 14.2. The molecule has 3 heterocycles. The van der Waals surface area contributed by atoms with Gasteiger partial charge in [0.05, 0.1) is 17.1 Å². The standard InChI is InChI=1S/C19H15N5O3/c25-16-8-7-13(20-16)10-1-3-11(4-2-10)18-23-17(24-27-18)12-5-6-14-15(9-12)22-19(26)21-14/h1-6,9,13H,7-8H2,(H,20,25)(H2,21,22,26).